The summed E-state index contributed by atoms with van der Waals surface area (Å²) in [6.07, 6.45) is -0.514. The number of carbonyl (C=O) groups excluding carboxylic acids is 1. The minimum atomic E-state index is -4.07. The van der Waals surface area contributed by atoms with Gasteiger partial charge >= 0.3 is 16.4 Å². The Morgan fingerprint density at radius 3 is 2.52 bits per heavy atom. The first-order valence-corrected chi connectivity index (χ1v) is 8.01. The molecule has 1 heterocycles. The number of hydrogen-bond acceptors (Lipinski definition) is 5. The Morgan fingerprint density at radius 2 is 1.95 bits per heavy atom. The molecule has 0 aliphatic carbocycles. The quantitative estimate of drug-likeness (QED) is 0.836. The van der Waals surface area contributed by atoms with Crippen LogP contribution in [0.3, 0.4) is 0 Å². The predicted octanol–water partition coefficient (Wildman–Crippen LogP) is 2.11. The van der Waals surface area contributed by atoms with E-state index in [0.29, 0.717) is 10.7 Å². The van der Waals surface area contributed by atoms with Crippen LogP contribution in [-0.2, 0) is 25.6 Å². The van der Waals surface area contributed by atoms with Crippen molar-refractivity contribution in [3.8, 4) is 0 Å². The van der Waals surface area contributed by atoms with E-state index in [1.54, 1.807) is 20.8 Å². The third-order valence-electron chi connectivity index (χ3n) is 2.87. The number of nitrogens with zero attached hydrogens (tertiary/aromatic N) is 1. The van der Waals surface area contributed by atoms with Crippen molar-refractivity contribution in [3.63, 3.8) is 0 Å². The van der Waals surface area contributed by atoms with Crippen molar-refractivity contribution in [2.24, 2.45) is 0 Å². The lowest BCUT2D eigenvalue weighted by Gasteiger charge is -2.25. The Bertz CT molecular complexity index is 606. The monoisotopic (exact) mass is 313 g/mol. The highest BCUT2D eigenvalue weighted by atomic mass is 32.2. The van der Waals surface area contributed by atoms with Gasteiger partial charge in [-0.25, -0.2) is 4.79 Å². The standard InChI is InChI=1S/C14H19NO5S/c1-14(2,3)20-13(16)15-12(10-19-21(15,17)18)9-11-7-5-4-6-8-11/h4-8,12H,9-10H2,1-3H3. The van der Waals surface area contributed by atoms with Gasteiger partial charge in [-0.2, -0.15) is 12.7 Å². The second kappa shape index (κ2) is 5.65. The van der Waals surface area contributed by atoms with E-state index < -0.39 is 28.0 Å². The molecule has 0 bridgehead atoms. The normalized spacial score (nSPS) is 21.3. The summed E-state index contributed by atoms with van der Waals surface area (Å²) in [4.78, 5) is 12.1. The Kier molecular flexibility index (Phi) is 4.25. The van der Waals surface area contributed by atoms with Gasteiger partial charge in [0.05, 0.1) is 12.6 Å². The summed E-state index contributed by atoms with van der Waals surface area (Å²) in [6, 6.07) is 8.75. The van der Waals surface area contributed by atoms with Crippen LogP contribution < -0.4 is 0 Å². The molecule has 1 aliphatic heterocycles. The second-order valence-corrected chi connectivity index (χ2v) is 7.35. The van der Waals surface area contributed by atoms with Gasteiger partial charge in [0.25, 0.3) is 0 Å². The fraction of sp³-hybridized carbons (Fsp3) is 0.500. The first kappa shape index (κ1) is 15.8. The fourth-order valence-corrected chi connectivity index (χ4v) is 3.21. The summed E-state index contributed by atoms with van der Waals surface area (Å²) in [5, 5.41) is 0. The molecule has 1 aromatic carbocycles. The van der Waals surface area contributed by atoms with E-state index in [2.05, 4.69) is 0 Å². The molecular weight excluding hydrogens is 294 g/mol. The SMILES string of the molecule is CC(C)(C)OC(=O)N1C(Cc2ccccc2)COS1(=O)=O. The van der Waals surface area contributed by atoms with Crippen LogP contribution in [-0.4, -0.2) is 37.1 Å². The van der Waals surface area contributed by atoms with Crippen molar-refractivity contribution >= 4 is 16.4 Å². The number of ether oxygens (including phenoxy) is 1. The van der Waals surface area contributed by atoms with Crippen LogP contribution in [0, 0.1) is 0 Å². The molecule has 6 nitrogen and oxygen atoms in total. The van der Waals surface area contributed by atoms with Gasteiger partial charge in [0, 0.05) is 0 Å². The van der Waals surface area contributed by atoms with E-state index >= 15 is 0 Å². The van der Waals surface area contributed by atoms with Crippen LogP contribution in [0.2, 0.25) is 0 Å². The molecule has 0 aromatic heterocycles. The molecule has 116 valence electrons. The fourth-order valence-electron chi connectivity index (χ4n) is 2.05. The minimum absolute atomic E-state index is 0.0591. The largest absolute Gasteiger partial charge is 0.443 e. The smallest absolute Gasteiger partial charge is 0.426 e. The van der Waals surface area contributed by atoms with E-state index in [9.17, 15) is 13.2 Å². The molecule has 2 rings (SSSR count). The van der Waals surface area contributed by atoms with Gasteiger partial charge in [0.1, 0.15) is 5.60 Å². The number of benzene rings is 1. The Balaban J connectivity index is 2.19. The van der Waals surface area contributed by atoms with Crippen LogP contribution in [0.5, 0.6) is 0 Å². The van der Waals surface area contributed by atoms with Crippen LogP contribution >= 0.6 is 0 Å². The zero-order valence-corrected chi connectivity index (χ0v) is 13.1. The summed E-state index contributed by atoms with van der Waals surface area (Å²) < 4.78 is 34.4. The van der Waals surface area contributed by atoms with Crippen molar-refractivity contribution in [1.82, 2.24) is 4.31 Å². The number of hydrogen-bond donors (Lipinski definition) is 0. The molecule has 0 spiro atoms. The summed E-state index contributed by atoms with van der Waals surface area (Å²) in [6.45, 7) is 4.98. The summed E-state index contributed by atoms with van der Waals surface area (Å²) in [7, 11) is -4.07. The lowest BCUT2D eigenvalue weighted by atomic mass is 10.1. The van der Waals surface area contributed by atoms with Gasteiger partial charge in [0.15, 0.2) is 0 Å². The average molecular weight is 313 g/mol. The Labute approximate surface area is 124 Å². The van der Waals surface area contributed by atoms with Gasteiger partial charge in [0.2, 0.25) is 0 Å². The zero-order chi connectivity index (χ0) is 15.7. The van der Waals surface area contributed by atoms with Crippen molar-refractivity contribution in [2.45, 2.75) is 38.8 Å². The number of amides is 1. The highest BCUT2D eigenvalue weighted by Crippen LogP contribution is 2.24. The predicted molar refractivity (Wildman–Crippen MR) is 76.9 cm³/mol. The van der Waals surface area contributed by atoms with Gasteiger partial charge in [-0.15, -0.1) is 0 Å². The molecule has 1 aliphatic rings. The van der Waals surface area contributed by atoms with E-state index in [0.717, 1.165) is 5.56 Å². The topological polar surface area (TPSA) is 72.9 Å². The molecule has 1 saturated heterocycles. The molecule has 1 unspecified atom stereocenters. The first-order valence-electron chi connectivity index (χ1n) is 6.65. The van der Waals surface area contributed by atoms with Crippen LogP contribution in [0.15, 0.2) is 30.3 Å². The van der Waals surface area contributed by atoms with Crippen LogP contribution in [0.1, 0.15) is 26.3 Å². The van der Waals surface area contributed by atoms with E-state index in [1.807, 2.05) is 30.3 Å². The molecular formula is C14H19NO5S. The molecule has 1 amide bonds. The molecule has 1 atom stereocenters. The summed E-state index contributed by atoms with van der Waals surface area (Å²) >= 11 is 0. The number of carbonyl (C=O) groups is 1. The third-order valence-corrected chi connectivity index (χ3v) is 4.23. The number of rotatable bonds is 2. The molecule has 1 aromatic rings. The highest BCUT2D eigenvalue weighted by molar-refractivity contribution is 7.85. The maximum absolute atomic E-state index is 12.1. The van der Waals surface area contributed by atoms with Crippen molar-refractivity contribution in [3.05, 3.63) is 35.9 Å². The molecule has 0 N–H and O–H groups in total. The zero-order valence-electron chi connectivity index (χ0n) is 12.3. The molecule has 1 fully saturated rings. The van der Waals surface area contributed by atoms with E-state index in [-0.39, 0.29) is 6.61 Å². The molecule has 21 heavy (non-hydrogen) atoms. The van der Waals surface area contributed by atoms with Crippen molar-refractivity contribution < 1.29 is 22.1 Å². The van der Waals surface area contributed by atoms with Gasteiger partial charge in [-0.1, -0.05) is 30.3 Å². The van der Waals surface area contributed by atoms with Crippen LogP contribution in [0.4, 0.5) is 4.79 Å². The summed E-state index contributed by atoms with van der Waals surface area (Å²) in [5.41, 5.74) is 0.156. The van der Waals surface area contributed by atoms with Gasteiger partial charge < -0.3 is 4.74 Å². The second-order valence-electron chi connectivity index (χ2n) is 5.86. The Morgan fingerprint density at radius 1 is 1.33 bits per heavy atom. The van der Waals surface area contributed by atoms with Crippen molar-refractivity contribution in [1.29, 1.82) is 0 Å². The van der Waals surface area contributed by atoms with Crippen molar-refractivity contribution in [2.75, 3.05) is 6.61 Å². The first-order chi connectivity index (χ1) is 9.69. The average Bonchev–Trinajstić information content (AvgIpc) is 2.63. The highest BCUT2D eigenvalue weighted by Gasteiger charge is 2.44. The lowest BCUT2D eigenvalue weighted by Crippen LogP contribution is -2.43. The minimum Gasteiger partial charge on any atom is -0.443 e. The maximum Gasteiger partial charge on any atom is 0.426 e. The van der Waals surface area contributed by atoms with Gasteiger partial charge in [-0.05, 0) is 32.8 Å². The third kappa shape index (κ3) is 3.95. The molecule has 7 heteroatoms. The lowest BCUT2D eigenvalue weighted by molar-refractivity contribution is 0.0357. The Hall–Kier alpha value is -1.60. The van der Waals surface area contributed by atoms with Gasteiger partial charge in [-0.3, -0.25) is 4.18 Å². The molecule has 0 radical (unpaired) electrons. The van der Waals surface area contributed by atoms with E-state index in [4.69, 9.17) is 8.92 Å². The summed E-state index contributed by atoms with van der Waals surface area (Å²) in [5.74, 6) is 0. The van der Waals surface area contributed by atoms with Crippen LogP contribution in [0.25, 0.3) is 0 Å². The van der Waals surface area contributed by atoms with E-state index in [1.165, 1.54) is 0 Å². The maximum atomic E-state index is 12.1. The molecule has 0 saturated carbocycles.